The van der Waals surface area contributed by atoms with Gasteiger partial charge < -0.3 is 10.6 Å². The highest BCUT2D eigenvalue weighted by Crippen LogP contribution is 2.35. The summed E-state index contributed by atoms with van der Waals surface area (Å²) in [5, 5.41) is 0. The average molecular weight is 279 g/mol. The van der Waals surface area contributed by atoms with Gasteiger partial charge in [0.15, 0.2) is 0 Å². The van der Waals surface area contributed by atoms with Crippen molar-refractivity contribution in [3.8, 4) is 0 Å². The summed E-state index contributed by atoms with van der Waals surface area (Å²) in [7, 11) is 0. The van der Waals surface area contributed by atoms with Crippen LogP contribution in [0, 0.1) is 11.8 Å². The van der Waals surface area contributed by atoms with Gasteiger partial charge in [-0.25, -0.2) is 0 Å². The Balaban J connectivity index is 1.56. The molecule has 3 rings (SSSR count). The van der Waals surface area contributed by atoms with Crippen LogP contribution in [-0.4, -0.2) is 54.5 Å². The minimum absolute atomic E-state index is 0.374. The Morgan fingerprint density at radius 1 is 1.05 bits per heavy atom. The highest BCUT2D eigenvalue weighted by Gasteiger charge is 2.36. The summed E-state index contributed by atoms with van der Waals surface area (Å²) in [5.74, 6) is 1.77. The van der Waals surface area contributed by atoms with Crippen LogP contribution >= 0.6 is 0 Å². The van der Waals surface area contributed by atoms with Crippen molar-refractivity contribution in [3.05, 3.63) is 0 Å². The summed E-state index contributed by atoms with van der Waals surface area (Å²) in [4.78, 5) is 17.2. The number of hydrogen-bond donors (Lipinski definition) is 1. The molecule has 114 valence electrons. The molecule has 20 heavy (non-hydrogen) atoms. The zero-order chi connectivity index (χ0) is 13.9. The van der Waals surface area contributed by atoms with E-state index < -0.39 is 0 Å². The molecule has 4 nitrogen and oxygen atoms in total. The first-order chi connectivity index (χ1) is 9.78. The zero-order valence-corrected chi connectivity index (χ0v) is 12.6. The highest BCUT2D eigenvalue weighted by molar-refractivity contribution is 5.78. The number of carbonyl (C=O) groups is 1. The molecule has 3 atom stereocenters. The molecule has 2 saturated heterocycles. The number of likely N-dealkylation sites (tertiary alicyclic amines) is 2. The standard InChI is InChI=1S/C16H29N3O/c17-10-13-7-9-18(11-13)12-16(20)19-8-3-5-14-4-1-2-6-15(14)19/h13-15H,1-12,17H2. The molecule has 0 aromatic heterocycles. The van der Waals surface area contributed by atoms with Gasteiger partial charge in [0.1, 0.15) is 0 Å². The maximum absolute atomic E-state index is 12.7. The fourth-order valence-electron chi connectivity index (χ4n) is 4.47. The zero-order valence-electron chi connectivity index (χ0n) is 12.6. The number of fused-ring (bicyclic) bond motifs is 1. The molecule has 4 heteroatoms. The summed E-state index contributed by atoms with van der Waals surface area (Å²) in [6.07, 6.45) is 8.97. The van der Waals surface area contributed by atoms with Gasteiger partial charge in [-0.2, -0.15) is 0 Å². The molecule has 0 bridgehead atoms. The lowest BCUT2D eigenvalue weighted by atomic mass is 9.78. The monoisotopic (exact) mass is 279 g/mol. The first kappa shape index (κ1) is 14.3. The predicted octanol–water partition coefficient (Wildman–Crippen LogP) is 1.45. The second kappa shape index (κ2) is 6.44. The molecule has 1 aliphatic carbocycles. The topological polar surface area (TPSA) is 49.6 Å². The van der Waals surface area contributed by atoms with Gasteiger partial charge in [0.25, 0.3) is 0 Å². The SMILES string of the molecule is NCC1CCN(CC(=O)N2CCCC3CCCCC32)C1. The Bertz CT molecular complexity index is 345. The van der Waals surface area contributed by atoms with E-state index in [1.165, 1.54) is 38.5 Å². The van der Waals surface area contributed by atoms with Crippen molar-refractivity contribution in [2.75, 3.05) is 32.7 Å². The molecule has 1 amide bonds. The van der Waals surface area contributed by atoms with Crippen LogP contribution in [0.15, 0.2) is 0 Å². The van der Waals surface area contributed by atoms with Crippen molar-refractivity contribution in [2.45, 2.75) is 51.0 Å². The van der Waals surface area contributed by atoms with Gasteiger partial charge in [0.05, 0.1) is 6.54 Å². The molecular weight excluding hydrogens is 250 g/mol. The van der Waals surface area contributed by atoms with Crippen molar-refractivity contribution >= 4 is 5.91 Å². The minimum Gasteiger partial charge on any atom is -0.338 e. The van der Waals surface area contributed by atoms with Crippen molar-refractivity contribution < 1.29 is 4.79 Å². The van der Waals surface area contributed by atoms with Crippen molar-refractivity contribution in [1.29, 1.82) is 0 Å². The van der Waals surface area contributed by atoms with Crippen LogP contribution < -0.4 is 5.73 Å². The van der Waals surface area contributed by atoms with Crippen molar-refractivity contribution in [1.82, 2.24) is 9.80 Å². The van der Waals surface area contributed by atoms with Crippen LogP contribution in [0.4, 0.5) is 0 Å². The molecule has 3 fully saturated rings. The quantitative estimate of drug-likeness (QED) is 0.850. The van der Waals surface area contributed by atoms with Crippen LogP contribution in [0.3, 0.4) is 0 Å². The van der Waals surface area contributed by atoms with Crippen LogP contribution in [0.25, 0.3) is 0 Å². The van der Waals surface area contributed by atoms with E-state index in [0.717, 1.165) is 38.5 Å². The molecule has 2 aliphatic heterocycles. The minimum atomic E-state index is 0.374. The van der Waals surface area contributed by atoms with E-state index in [0.29, 0.717) is 24.4 Å². The lowest BCUT2D eigenvalue weighted by Crippen LogP contribution is -2.52. The van der Waals surface area contributed by atoms with Gasteiger partial charge in [0, 0.05) is 19.1 Å². The Labute approximate surface area is 122 Å². The normalized spacial score (nSPS) is 35.0. The summed E-state index contributed by atoms with van der Waals surface area (Å²) >= 11 is 0. The predicted molar refractivity (Wildman–Crippen MR) is 80.3 cm³/mol. The lowest BCUT2D eigenvalue weighted by Gasteiger charge is -2.44. The number of nitrogens with two attached hydrogens (primary N) is 1. The van der Waals surface area contributed by atoms with E-state index in [9.17, 15) is 4.79 Å². The largest absolute Gasteiger partial charge is 0.338 e. The van der Waals surface area contributed by atoms with Gasteiger partial charge in [-0.05, 0) is 57.0 Å². The molecule has 3 unspecified atom stereocenters. The van der Waals surface area contributed by atoms with E-state index in [1.54, 1.807) is 0 Å². The summed E-state index contributed by atoms with van der Waals surface area (Å²) < 4.78 is 0. The van der Waals surface area contributed by atoms with Crippen LogP contribution in [0.2, 0.25) is 0 Å². The first-order valence-electron chi connectivity index (χ1n) is 8.50. The molecular formula is C16H29N3O. The fourth-order valence-corrected chi connectivity index (χ4v) is 4.47. The van der Waals surface area contributed by atoms with Gasteiger partial charge in [-0.15, -0.1) is 0 Å². The van der Waals surface area contributed by atoms with E-state index in [1.807, 2.05) is 0 Å². The number of piperidine rings is 1. The number of rotatable bonds is 3. The van der Waals surface area contributed by atoms with E-state index in [4.69, 9.17) is 5.73 Å². The van der Waals surface area contributed by atoms with E-state index in [-0.39, 0.29) is 0 Å². The van der Waals surface area contributed by atoms with Gasteiger partial charge >= 0.3 is 0 Å². The van der Waals surface area contributed by atoms with Crippen LogP contribution in [-0.2, 0) is 4.79 Å². The number of nitrogens with zero attached hydrogens (tertiary/aromatic N) is 2. The van der Waals surface area contributed by atoms with Crippen molar-refractivity contribution in [2.24, 2.45) is 17.6 Å². The molecule has 0 radical (unpaired) electrons. The van der Waals surface area contributed by atoms with Crippen LogP contribution in [0.1, 0.15) is 44.9 Å². The Hall–Kier alpha value is -0.610. The third kappa shape index (κ3) is 3.01. The Morgan fingerprint density at radius 2 is 1.85 bits per heavy atom. The van der Waals surface area contributed by atoms with Gasteiger partial charge in [0.2, 0.25) is 5.91 Å². The highest BCUT2D eigenvalue weighted by atomic mass is 16.2. The average Bonchev–Trinajstić information content (AvgIpc) is 2.94. The van der Waals surface area contributed by atoms with E-state index in [2.05, 4.69) is 9.80 Å². The molecule has 3 aliphatic rings. The number of amides is 1. The van der Waals surface area contributed by atoms with Crippen molar-refractivity contribution in [3.63, 3.8) is 0 Å². The number of carbonyl (C=O) groups excluding carboxylic acids is 1. The fraction of sp³-hybridized carbons (Fsp3) is 0.938. The summed E-state index contributed by atoms with van der Waals surface area (Å²) in [6.45, 7) is 4.45. The summed E-state index contributed by atoms with van der Waals surface area (Å²) in [6, 6.07) is 0.554. The smallest absolute Gasteiger partial charge is 0.237 e. The lowest BCUT2D eigenvalue weighted by molar-refractivity contribution is -0.138. The maximum atomic E-state index is 12.7. The Kier molecular flexibility index (Phi) is 4.61. The molecule has 2 N–H and O–H groups in total. The van der Waals surface area contributed by atoms with Gasteiger partial charge in [-0.3, -0.25) is 9.69 Å². The van der Waals surface area contributed by atoms with E-state index >= 15 is 0 Å². The van der Waals surface area contributed by atoms with Gasteiger partial charge in [-0.1, -0.05) is 12.8 Å². The second-order valence-corrected chi connectivity index (χ2v) is 6.97. The third-order valence-electron chi connectivity index (χ3n) is 5.63. The first-order valence-corrected chi connectivity index (χ1v) is 8.50. The molecule has 2 heterocycles. The molecule has 1 saturated carbocycles. The number of hydrogen-bond acceptors (Lipinski definition) is 3. The molecule has 0 aromatic rings. The maximum Gasteiger partial charge on any atom is 0.237 e. The third-order valence-corrected chi connectivity index (χ3v) is 5.63. The summed E-state index contributed by atoms with van der Waals surface area (Å²) in [5.41, 5.74) is 5.74. The van der Waals surface area contributed by atoms with Crippen LogP contribution in [0.5, 0.6) is 0 Å². The molecule has 0 spiro atoms. The Morgan fingerprint density at radius 3 is 2.65 bits per heavy atom. The molecule has 0 aromatic carbocycles. The second-order valence-electron chi connectivity index (χ2n) is 6.97.